The number of furan rings is 1. The molecule has 4 heterocycles. The Morgan fingerprint density at radius 1 is 1.12 bits per heavy atom. The molecule has 2 saturated heterocycles. The van der Waals surface area contributed by atoms with E-state index < -0.39 is 0 Å². The van der Waals surface area contributed by atoms with Crippen molar-refractivity contribution in [3.8, 4) is 11.3 Å². The molecule has 2 aromatic heterocycles. The monoisotopic (exact) mass is 472 g/mol. The molecule has 0 spiro atoms. The van der Waals surface area contributed by atoms with Gasteiger partial charge in [-0.1, -0.05) is 35.5 Å². The quantitative estimate of drug-likeness (QED) is 0.430. The first kappa shape index (κ1) is 22.0. The van der Waals surface area contributed by atoms with Crippen molar-refractivity contribution < 1.29 is 9.15 Å². The van der Waals surface area contributed by atoms with Crippen LogP contribution in [0.5, 0.6) is 0 Å². The van der Waals surface area contributed by atoms with E-state index in [9.17, 15) is 0 Å². The van der Waals surface area contributed by atoms with Crippen LogP contribution in [0.15, 0.2) is 46.0 Å². The highest BCUT2D eigenvalue weighted by atomic mass is 35.5. The van der Waals surface area contributed by atoms with Gasteiger partial charge in [0.1, 0.15) is 17.3 Å². The summed E-state index contributed by atoms with van der Waals surface area (Å²) in [5, 5.41) is 10.7. The Morgan fingerprint density at radius 2 is 2.00 bits per heavy atom. The molecule has 3 aromatic rings. The number of hydrogen-bond acceptors (Lipinski definition) is 6. The van der Waals surface area contributed by atoms with Crippen LogP contribution in [0.25, 0.3) is 11.3 Å². The number of nitrogens with zero attached hydrogens (tertiary/aromatic N) is 4. The highest BCUT2D eigenvalue weighted by molar-refractivity contribution is 7.99. The van der Waals surface area contributed by atoms with Crippen LogP contribution < -0.4 is 0 Å². The number of benzene rings is 1. The average Bonchev–Trinajstić information content (AvgIpc) is 3.55. The normalized spacial score (nSPS) is 20.2. The van der Waals surface area contributed by atoms with Crippen LogP contribution in [-0.4, -0.2) is 51.2 Å². The minimum atomic E-state index is 0.365. The lowest BCUT2D eigenvalue weighted by molar-refractivity contribution is 0.129. The molecule has 1 aromatic carbocycles. The van der Waals surface area contributed by atoms with Gasteiger partial charge in [0.05, 0.1) is 12.6 Å². The first-order valence-corrected chi connectivity index (χ1v) is 12.7. The number of ether oxygens (including phenoxy) is 1. The van der Waals surface area contributed by atoms with Crippen molar-refractivity contribution in [2.75, 3.05) is 25.4 Å². The Labute approximate surface area is 198 Å². The summed E-state index contributed by atoms with van der Waals surface area (Å²) in [7, 11) is 2.10. The molecule has 8 heteroatoms. The van der Waals surface area contributed by atoms with Crippen LogP contribution in [0.2, 0.25) is 5.02 Å². The molecule has 0 amide bonds. The average molecular weight is 473 g/mol. The summed E-state index contributed by atoms with van der Waals surface area (Å²) < 4.78 is 14.0. The van der Waals surface area contributed by atoms with Gasteiger partial charge in [-0.05, 0) is 63.0 Å². The maximum atomic E-state index is 6.11. The molecule has 0 unspecified atom stereocenters. The standard InChI is InChI=1S/C24H29ClN4O2S/c1-28-23(26-27-24(28)32-16-21-6-3-13-30-21)17-9-11-29(12-10-17)15-20-7-8-22(31-20)18-4-2-5-19(25)14-18/h2,4-5,7-8,14,17,21H,3,6,9-13,15-16H2,1H3/t21-/m1/s1. The van der Waals surface area contributed by atoms with Crippen LogP contribution in [-0.2, 0) is 18.3 Å². The molecular weight excluding hydrogens is 444 g/mol. The second-order valence-corrected chi connectivity index (χ2v) is 10.1. The molecule has 1 atom stereocenters. The fourth-order valence-corrected chi connectivity index (χ4v) is 5.75. The number of aromatic nitrogens is 3. The maximum absolute atomic E-state index is 6.11. The highest BCUT2D eigenvalue weighted by Crippen LogP contribution is 2.31. The third-order valence-electron chi connectivity index (χ3n) is 6.39. The number of halogens is 1. The van der Waals surface area contributed by atoms with E-state index in [0.717, 1.165) is 84.3 Å². The smallest absolute Gasteiger partial charge is 0.191 e. The zero-order valence-electron chi connectivity index (χ0n) is 18.4. The van der Waals surface area contributed by atoms with Gasteiger partial charge in [-0.25, -0.2) is 0 Å². The Balaban J connectivity index is 1.14. The lowest BCUT2D eigenvalue weighted by atomic mass is 9.96. The number of thioether (sulfide) groups is 1. The maximum Gasteiger partial charge on any atom is 0.191 e. The largest absolute Gasteiger partial charge is 0.460 e. The Kier molecular flexibility index (Phi) is 6.88. The zero-order valence-corrected chi connectivity index (χ0v) is 19.9. The molecule has 2 aliphatic heterocycles. The van der Waals surface area contributed by atoms with E-state index in [1.165, 1.54) is 6.42 Å². The van der Waals surface area contributed by atoms with Crippen molar-refractivity contribution in [3.63, 3.8) is 0 Å². The predicted molar refractivity (Wildman–Crippen MR) is 127 cm³/mol. The lowest BCUT2D eigenvalue weighted by Gasteiger charge is -2.30. The third kappa shape index (κ3) is 5.06. The molecule has 5 rings (SSSR count). The van der Waals surface area contributed by atoms with Crippen LogP contribution in [0.4, 0.5) is 0 Å². The Hall–Kier alpha value is -1.80. The first-order valence-electron chi connectivity index (χ1n) is 11.4. The van der Waals surface area contributed by atoms with Gasteiger partial charge >= 0.3 is 0 Å². The van der Waals surface area contributed by atoms with Crippen LogP contribution in [0, 0.1) is 0 Å². The summed E-state index contributed by atoms with van der Waals surface area (Å²) in [6.45, 7) is 3.79. The van der Waals surface area contributed by atoms with Gasteiger partial charge in [0.15, 0.2) is 5.16 Å². The summed E-state index contributed by atoms with van der Waals surface area (Å²) in [5.74, 6) is 4.39. The van der Waals surface area contributed by atoms with Gasteiger partial charge in [-0.15, -0.1) is 10.2 Å². The Morgan fingerprint density at radius 3 is 2.78 bits per heavy atom. The SMILES string of the molecule is Cn1c(SC[C@H]2CCCO2)nnc1C1CCN(Cc2ccc(-c3cccc(Cl)c3)o2)CC1. The molecule has 0 aliphatic carbocycles. The number of piperidine rings is 1. The highest BCUT2D eigenvalue weighted by Gasteiger charge is 2.26. The van der Waals surface area contributed by atoms with E-state index in [1.54, 1.807) is 11.8 Å². The van der Waals surface area contributed by atoms with Crippen LogP contribution in [0.1, 0.15) is 43.2 Å². The molecule has 0 bridgehead atoms. The van der Waals surface area contributed by atoms with Gasteiger partial charge in [0.2, 0.25) is 0 Å². The molecule has 0 radical (unpaired) electrons. The van der Waals surface area contributed by atoms with Crippen LogP contribution >= 0.6 is 23.4 Å². The minimum Gasteiger partial charge on any atom is -0.460 e. The predicted octanol–water partition coefficient (Wildman–Crippen LogP) is 5.38. The molecule has 0 N–H and O–H groups in total. The fraction of sp³-hybridized carbons (Fsp3) is 0.500. The van der Waals surface area contributed by atoms with Crippen molar-refractivity contribution in [3.05, 3.63) is 53.0 Å². The summed E-state index contributed by atoms with van der Waals surface area (Å²) in [5.41, 5.74) is 1.01. The molecule has 170 valence electrons. The van der Waals surface area contributed by atoms with E-state index in [2.05, 4.69) is 32.8 Å². The van der Waals surface area contributed by atoms with Gasteiger partial charge in [0, 0.05) is 35.9 Å². The number of likely N-dealkylation sites (tertiary alicyclic amines) is 1. The molecule has 6 nitrogen and oxygen atoms in total. The minimum absolute atomic E-state index is 0.365. The Bertz CT molecular complexity index is 1040. The third-order valence-corrected chi connectivity index (χ3v) is 7.78. The second-order valence-electron chi connectivity index (χ2n) is 8.67. The van der Waals surface area contributed by atoms with Crippen molar-refractivity contribution in [1.29, 1.82) is 0 Å². The van der Waals surface area contributed by atoms with E-state index >= 15 is 0 Å². The molecular formula is C24H29ClN4O2S. The summed E-state index contributed by atoms with van der Waals surface area (Å²) >= 11 is 7.88. The van der Waals surface area contributed by atoms with Gasteiger partial charge in [-0.3, -0.25) is 4.90 Å². The van der Waals surface area contributed by atoms with Gasteiger partial charge in [0.25, 0.3) is 0 Å². The van der Waals surface area contributed by atoms with E-state index in [4.69, 9.17) is 20.8 Å². The lowest BCUT2D eigenvalue weighted by Crippen LogP contribution is -2.33. The van der Waals surface area contributed by atoms with Gasteiger partial charge in [-0.2, -0.15) is 0 Å². The summed E-state index contributed by atoms with van der Waals surface area (Å²) in [4.78, 5) is 2.46. The molecule has 32 heavy (non-hydrogen) atoms. The van der Waals surface area contributed by atoms with E-state index in [-0.39, 0.29) is 0 Å². The fourth-order valence-electron chi connectivity index (χ4n) is 4.58. The van der Waals surface area contributed by atoms with Crippen molar-refractivity contribution in [2.24, 2.45) is 7.05 Å². The van der Waals surface area contributed by atoms with Gasteiger partial charge < -0.3 is 13.7 Å². The zero-order chi connectivity index (χ0) is 21.9. The van der Waals surface area contributed by atoms with Crippen molar-refractivity contribution >= 4 is 23.4 Å². The second kappa shape index (κ2) is 10.00. The molecule has 0 saturated carbocycles. The van der Waals surface area contributed by atoms with E-state index in [1.807, 2.05) is 30.3 Å². The first-order chi connectivity index (χ1) is 15.7. The topological polar surface area (TPSA) is 56.3 Å². The van der Waals surface area contributed by atoms with Crippen molar-refractivity contribution in [2.45, 2.75) is 49.4 Å². The van der Waals surface area contributed by atoms with Crippen molar-refractivity contribution in [1.82, 2.24) is 19.7 Å². The number of hydrogen-bond donors (Lipinski definition) is 0. The number of rotatable bonds is 7. The summed E-state index contributed by atoms with van der Waals surface area (Å²) in [6, 6.07) is 11.9. The molecule has 2 fully saturated rings. The molecule has 2 aliphatic rings. The van der Waals surface area contributed by atoms with Crippen LogP contribution in [0.3, 0.4) is 0 Å². The van der Waals surface area contributed by atoms with E-state index in [0.29, 0.717) is 12.0 Å². The summed E-state index contributed by atoms with van der Waals surface area (Å²) in [6.07, 6.45) is 4.87.